The van der Waals surface area contributed by atoms with Crippen molar-refractivity contribution >= 4 is 5.91 Å². The van der Waals surface area contributed by atoms with Crippen molar-refractivity contribution in [3.63, 3.8) is 0 Å². The highest BCUT2D eigenvalue weighted by atomic mass is 16.5. The molecule has 2 rings (SSSR count). The fourth-order valence-electron chi connectivity index (χ4n) is 2.10. The third kappa shape index (κ3) is 4.45. The van der Waals surface area contributed by atoms with Crippen LogP contribution in [0.3, 0.4) is 0 Å². The molecule has 0 spiro atoms. The van der Waals surface area contributed by atoms with Gasteiger partial charge in [0.25, 0.3) is 0 Å². The van der Waals surface area contributed by atoms with E-state index in [0.29, 0.717) is 31.3 Å². The number of aromatic nitrogens is 3. The Morgan fingerprint density at radius 3 is 2.61 bits per heavy atom. The molecule has 7 heteroatoms. The van der Waals surface area contributed by atoms with Gasteiger partial charge in [0.1, 0.15) is 25.3 Å². The van der Waals surface area contributed by atoms with Gasteiger partial charge < -0.3 is 14.4 Å². The lowest BCUT2D eigenvalue weighted by atomic mass is 10.3. The summed E-state index contributed by atoms with van der Waals surface area (Å²) < 4.78 is 12.8. The average molecular weight is 318 g/mol. The molecule has 0 N–H and O–H groups in total. The normalized spacial score (nSPS) is 11.8. The minimum absolute atomic E-state index is 0.0443. The van der Waals surface area contributed by atoms with Gasteiger partial charge in [-0.25, -0.2) is 9.67 Å². The third-order valence-corrected chi connectivity index (χ3v) is 3.40. The summed E-state index contributed by atoms with van der Waals surface area (Å²) in [5.74, 6) is 1.34. The number of carbonyl (C=O) groups excluding carboxylic acids is 1. The van der Waals surface area contributed by atoms with Crippen molar-refractivity contribution in [2.45, 2.75) is 19.9 Å². The number of ether oxygens (including phenoxy) is 2. The predicted octanol–water partition coefficient (Wildman–Crippen LogP) is 1.78. The lowest BCUT2D eigenvalue weighted by Crippen LogP contribution is -2.36. The van der Waals surface area contributed by atoms with Crippen LogP contribution < -0.4 is 9.47 Å². The van der Waals surface area contributed by atoms with Crippen molar-refractivity contribution in [1.82, 2.24) is 19.7 Å². The Hall–Kier alpha value is -2.57. The number of hydrogen-bond donors (Lipinski definition) is 0. The molecule has 0 unspecified atom stereocenters. The molecule has 0 aliphatic carbocycles. The summed E-state index contributed by atoms with van der Waals surface area (Å²) in [6, 6.07) is 7.11. The number of benzene rings is 1. The van der Waals surface area contributed by atoms with E-state index in [1.165, 1.54) is 17.3 Å². The van der Waals surface area contributed by atoms with E-state index in [4.69, 9.17) is 9.47 Å². The highest BCUT2D eigenvalue weighted by Crippen LogP contribution is 2.26. The highest BCUT2D eigenvalue weighted by Gasteiger charge is 2.19. The molecular formula is C16H22N4O3. The number of para-hydroxylation sites is 2. The van der Waals surface area contributed by atoms with Gasteiger partial charge in [0.2, 0.25) is 5.91 Å². The summed E-state index contributed by atoms with van der Waals surface area (Å²) in [7, 11) is 1.74. The second-order valence-electron chi connectivity index (χ2n) is 5.04. The van der Waals surface area contributed by atoms with Crippen molar-refractivity contribution in [3.05, 3.63) is 36.9 Å². The molecule has 1 atom stereocenters. The summed E-state index contributed by atoms with van der Waals surface area (Å²) in [6.07, 6.45) is 2.95. The summed E-state index contributed by atoms with van der Waals surface area (Å²) in [5.41, 5.74) is 0. The van der Waals surface area contributed by atoms with E-state index in [0.717, 1.165) is 0 Å². The second-order valence-corrected chi connectivity index (χ2v) is 5.04. The van der Waals surface area contributed by atoms with E-state index in [1.54, 1.807) is 18.9 Å². The van der Waals surface area contributed by atoms with E-state index in [9.17, 15) is 4.79 Å². The molecule has 124 valence electrons. The van der Waals surface area contributed by atoms with E-state index in [1.807, 2.05) is 31.2 Å². The Balaban J connectivity index is 1.85. The van der Waals surface area contributed by atoms with Crippen molar-refractivity contribution in [2.75, 3.05) is 26.8 Å². The predicted molar refractivity (Wildman–Crippen MR) is 85.5 cm³/mol. The van der Waals surface area contributed by atoms with Crippen molar-refractivity contribution in [1.29, 1.82) is 0 Å². The smallest absolute Gasteiger partial charge is 0.247 e. The standard InChI is InChI=1S/C16H22N4O3/c1-4-22-14-7-5-6-8-15(14)23-10-9-19(3)16(21)13(2)20-12-17-11-18-20/h5-8,11-13H,4,9-10H2,1-3H3/t13-/m1/s1. The second kappa shape index (κ2) is 8.17. The molecule has 1 aromatic heterocycles. The first kappa shape index (κ1) is 16.8. The SMILES string of the molecule is CCOc1ccccc1OCCN(C)C(=O)[C@@H](C)n1cncn1. The molecule has 1 heterocycles. The zero-order valence-electron chi connectivity index (χ0n) is 13.7. The molecule has 1 aromatic carbocycles. The van der Waals surface area contributed by atoms with Gasteiger partial charge in [-0.1, -0.05) is 12.1 Å². The molecule has 0 fully saturated rings. The first-order valence-electron chi connectivity index (χ1n) is 7.57. The maximum atomic E-state index is 12.3. The minimum Gasteiger partial charge on any atom is -0.490 e. The Kier molecular flexibility index (Phi) is 5.96. The van der Waals surface area contributed by atoms with Crippen LogP contribution >= 0.6 is 0 Å². The van der Waals surface area contributed by atoms with Crippen molar-refractivity contribution < 1.29 is 14.3 Å². The molecule has 0 saturated carbocycles. The molecular weight excluding hydrogens is 296 g/mol. The number of hydrogen-bond acceptors (Lipinski definition) is 5. The van der Waals surface area contributed by atoms with Crippen LogP contribution in [0.15, 0.2) is 36.9 Å². The lowest BCUT2D eigenvalue weighted by molar-refractivity contribution is -0.133. The quantitative estimate of drug-likeness (QED) is 0.742. The van der Waals surface area contributed by atoms with Gasteiger partial charge in [0.05, 0.1) is 13.2 Å². The Labute approximate surface area is 135 Å². The fourth-order valence-corrected chi connectivity index (χ4v) is 2.10. The van der Waals surface area contributed by atoms with Crippen LogP contribution in [0.2, 0.25) is 0 Å². The molecule has 0 radical (unpaired) electrons. The maximum absolute atomic E-state index is 12.3. The van der Waals surface area contributed by atoms with Crippen LogP contribution in [0.25, 0.3) is 0 Å². The molecule has 1 amide bonds. The van der Waals surface area contributed by atoms with Crippen LogP contribution in [0, 0.1) is 0 Å². The Morgan fingerprint density at radius 2 is 2.00 bits per heavy atom. The first-order chi connectivity index (χ1) is 11.1. The van der Waals surface area contributed by atoms with Gasteiger partial charge >= 0.3 is 0 Å². The molecule has 0 aliphatic rings. The Morgan fingerprint density at radius 1 is 1.30 bits per heavy atom. The number of rotatable bonds is 8. The third-order valence-electron chi connectivity index (χ3n) is 3.40. The van der Waals surface area contributed by atoms with Crippen LogP contribution in [0.1, 0.15) is 19.9 Å². The van der Waals surface area contributed by atoms with Gasteiger partial charge in [0.15, 0.2) is 11.5 Å². The van der Waals surface area contributed by atoms with E-state index in [2.05, 4.69) is 10.1 Å². The van der Waals surface area contributed by atoms with Crippen LogP contribution in [0.4, 0.5) is 0 Å². The van der Waals surface area contributed by atoms with Gasteiger partial charge in [-0.3, -0.25) is 4.79 Å². The van der Waals surface area contributed by atoms with Crippen LogP contribution in [0.5, 0.6) is 11.5 Å². The fraction of sp³-hybridized carbons (Fsp3) is 0.438. The number of amides is 1. The van der Waals surface area contributed by atoms with E-state index >= 15 is 0 Å². The molecule has 0 aliphatic heterocycles. The minimum atomic E-state index is -0.391. The van der Waals surface area contributed by atoms with Crippen molar-refractivity contribution in [2.24, 2.45) is 0 Å². The zero-order chi connectivity index (χ0) is 16.7. The molecule has 0 bridgehead atoms. The summed E-state index contributed by atoms with van der Waals surface area (Å²) in [4.78, 5) is 17.8. The van der Waals surface area contributed by atoms with Crippen LogP contribution in [-0.4, -0.2) is 52.4 Å². The number of nitrogens with zero attached hydrogens (tertiary/aromatic N) is 4. The summed E-state index contributed by atoms with van der Waals surface area (Å²) in [6.45, 7) is 5.15. The van der Waals surface area contributed by atoms with Gasteiger partial charge in [0, 0.05) is 7.05 Å². The lowest BCUT2D eigenvalue weighted by Gasteiger charge is -2.21. The summed E-state index contributed by atoms with van der Waals surface area (Å²) >= 11 is 0. The van der Waals surface area contributed by atoms with Crippen LogP contribution in [-0.2, 0) is 4.79 Å². The molecule has 0 saturated heterocycles. The highest BCUT2D eigenvalue weighted by molar-refractivity contribution is 5.79. The van der Waals surface area contributed by atoms with Crippen molar-refractivity contribution in [3.8, 4) is 11.5 Å². The van der Waals surface area contributed by atoms with Gasteiger partial charge in [-0.15, -0.1) is 0 Å². The molecule has 2 aromatic rings. The average Bonchev–Trinajstić information content (AvgIpc) is 3.09. The molecule has 23 heavy (non-hydrogen) atoms. The van der Waals surface area contributed by atoms with E-state index in [-0.39, 0.29) is 5.91 Å². The number of carbonyl (C=O) groups is 1. The first-order valence-corrected chi connectivity index (χ1v) is 7.57. The Bertz CT molecular complexity index is 616. The number of likely N-dealkylation sites (N-methyl/N-ethyl adjacent to an activating group) is 1. The topological polar surface area (TPSA) is 69.5 Å². The van der Waals surface area contributed by atoms with E-state index < -0.39 is 6.04 Å². The monoisotopic (exact) mass is 318 g/mol. The molecule has 7 nitrogen and oxygen atoms in total. The summed E-state index contributed by atoms with van der Waals surface area (Å²) in [5, 5.41) is 3.99. The maximum Gasteiger partial charge on any atom is 0.247 e. The zero-order valence-corrected chi connectivity index (χ0v) is 13.7. The van der Waals surface area contributed by atoms with Gasteiger partial charge in [-0.2, -0.15) is 5.10 Å². The largest absolute Gasteiger partial charge is 0.490 e. The van der Waals surface area contributed by atoms with Gasteiger partial charge in [-0.05, 0) is 26.0 Å².